The third kappa shape index (κ3) is 2.30. The summed E-state index contributed by atoms with van der Waals surface area (Å²) in [4.78, 5) is 11.8. The molecule has 3 nitrogen and oxygen atoms in total. The van der Waals surface area contributed by atoms with E-state index in [1.807, 2.05) is 30.3 Å². The van der Waals surface area contributed by atoms with Gasteiger partial charge in [0.1, 0.15) is 5.75 Å². The van der Waals surface area contributed by atoms with Gasteiger partial charge in [-0.1, -0.05) is 24.3 Å². The van der Waals surface area contributed by atoms with Gasteiger partial charge >= 0.3 is 5.97 Å². The minimum atomic E-state index is -0.315. The molecule has 0 N–H and O–H groups in total. The molecule has 0 radical (unpaired) electrons. The van der Waals surface area contributed by atoms with Gasteiger partial charge in [0.2, 0.25) is 0 Å². The lowest BCUT2D eigenvalue weighted by Crippen LogP contribution is -2.23. The quantitative estimate of drug-likeness (QED) is 0.778. The van der Waals surface area contributed by atoms with Gasteiger partial charge in [-0.15, -0.1) is 0 Å². The van der Waals surface area contributed by atoms with Gasteiger partial charge in [0.05, 0.1) is 18.4 Å². The fourth-order valence-electron chi connectivity index (χ4n) is 2.15. The number of rotatable bonds is 2. The number of esters is 1. The Morgan fingerprint density at radius 3 is 2.75 bits per heavy atom. The number of carbonyl (C=O) groups is 1. The highest BCUT2D eigenvalue weighted by molar-refractivity contribution is 5.90. The second-order valence-electron chi connectivity index (χ2n) is 4.48. The first-order valence-corrected chi connectivity index (χ1v) is 6.53. The summed E-state index contributed by atoms with van der Waals surface area (Å²) in [7, 11) is 0. The topological polar surface area (TPSA) is 35.5 Å². The third-order valence-corrected chi connectivity index (χ3v) is 3.14. The van der Waals surface area contributed by atoms with Crippen LogP contribution in [-0.4, -0.2) is 12.6 Å². The second-order valence-corrected chi connectivity index (χ2v) is 4.48. The van der Waals surface area contributed by atoms with Gasteiger partial charge in [-0.25, -0.2) is 4.79 Å². The maximum atomic E-state index is 11.8. The van der Waals surface area contributed by atoms with Gasteiger partial charge in [0.25, 0.3) is 0 Å². The summed E-state index contributed by atoms with van der Waals surface area (Å²) in [6.45, 7) is 2.16. The largest absolute Gasteiger partial charge is 0.464 e. The molecule has 100 valence electrons. The summed E-state index contributed by atoms with van der Waals surface area (Å²) >= 11 is 0. The van der Waals surface area contributed by atoms with E-state index in [0.717, 1.165) is 21.8 Å². The summed E-state index contributed by atoms with van der Waals surface area (Å²) in [5, 5.41) is 2.08. The number of hydrogen-bond donors (Lipinski definition) is 0. The van der Waals surface area contributed by atoms with Crippen LogP contribution in [0.5, 0.6) is 5.75 Å². The smallest absolute Gasteiger partial charge is 0.338 e. The zero-order valence-corrected chi connectivity index (χ0v) is 11.1. The normalized spacial score (nSPS) is 11.8. The SMILES string of the molecule is CCOC(=O)c1ccc2c(c1)C=c1ccccc1=CO2. The average Bonchev–Trinajstić information content (AvgIpc) is 2.65. The van der Waals surface area contributed by atoms with Crippen molar-refractivity contribution in [1.29, 1.82) is 0 Å². The lowest BCUT2D eigenvalue weighted by atomic mass is 10.1. The van der Waals surface area contributed by atoms with Crippen molar-refractivity contribution in [3.8, 4) is 5.75 Å². The third-order valence-electron chi connectivity index (χ3n) is 3.14. The standard InChI is InChI=1S/C17H14O3/c1-2-19-17(18)13-7-8-16-15(10-13)9-12-5-3-4-6-14(12)11-20-16/h3-11H,2H2,1H3. The Hall–Kier alpha value is -2.55. The van der Waals surface area contributed by atoms with E-state index in [9.17, 15) is 4.79 Å². The molecule has 2 aromatic carbocycles. The molecule has 0 unspecified atom stereocenters. The Morgan fingerprint density at radius 2 is 1.95 bits per heavy atom. The zero-order valence-electron chi connectivity index (χ0n) is 11.1. The minimum Gasteiger partial charge on any atom is -0.464 e. The highest BCUT2D eigenvalue weighted by Gasteiger charge is 2.11. The maximum Gasteiger partial charge on any atom is 0.338 e. The summed E-state index contributed by atoms with van der Waals surface area (Å²) in [5.74, 6) is 0.416. The Kier molecular flexibility index (Phi) is 3.25. The molecular formula is C17H14O3. The first kappa shape index (κ1) is 12.5. The maximum absolute atomic E-state index is 11.8. The molecule has 3 rings (SSSR count). The molecule has 0 amide bonds. The van der Waals surface area contributed by atoms with Crippen LogP contribution in [0, 0.1) is 0 Å². The fourth-order valence-corrected chi connectivity index (χ4v) is 2.15. The van der Waals surface area contributed by atoms with Crippen molar-refractivity contribution in [3.63, 3.8) is 0 Å². The van der Waals surface area contributed by atoms with Crippen molar-refractivity contribution < 1.29 is 14.3 Å². The van der Waals surface area contributed by atoms with E-state index >= 15 is 0 Å². The van der Waals surface area contributed by atoms with Gasteiger partial charge < -0.3 is 9.47 Å². The van der Waals surface area contributed by atoms with Crippen LogP contribution in [0.4, 0.5) is 0 Å². The van der Waals surface area contributed by atoms with Gasteiger partial charge in [-0.05, 0) is 36.4 Å². The molecule has 3 heteroatoms. The molecule has 0 fully saturated rings. The highest BCUT2D eigenvalue weighted by atomic mass is 16.5. The zero-order chi connectivity index (χ0) is 13.9. The molecule has 1 aliphatic rings. The van der Waals surface area contributed by atoms with Crippen LogP contribution < -0.4 is 15.2 Å². The molecule has 0 aromatic heterocycles. The predicted molar refractivity (Wildman–Crippen MR) is 76.8 cm³/mol. The van der Waals surface area contributed by atoms with Gasteiger partial charge in [-0.3, -0.25) is 0 Å². The number of ether oxygens (including phenoxy) is 2. The van der Waals surface area contributed by atoms with Crippen molar-refractivity contribution >= 4 is 18.3 Å². The molecule has 1 aliphatic heterocycles. The Balaban J connectivity index is 2.11. The second kappa shape index (κ2) is 5.21. The molecule has 0 spiro atoms. The van der Waals surface area contributed by atoms with E-state index in [4.69, 9.17) is 9.47 Å². The number of benzene rings is 2. The lowest BCUT2D eigenvalue weighted by molar-refractivity contribution is 0.0526. The van der Waals surface area contributed by atoms with E-state index in [1.54, 1.807) is 31.4 Å². The van der Waals surface area contributed by atoms with Gasteiger partial charge in [0.15, 0.2) is 0 Å². The Bertz CT molecular complexity index is 775. The van der Waals surface area contributed by atoms with Crippen molar-refractivity contribution in [2.75, 3.05) is 6.61 Å². The Labute approximate surface area is 116 Å². The van der Waals surface area contributed by atoms with Crippen LogP contribution >= 0.6 is 0 Å². The van der Waals surface area contributed by atoms with Crippen molar-refractivity contribution in [2.45, 2.75) is 6.92 Å². The van der Waals surface area contributed by atoms with E-state index in [2.05, 4.69) is 0 Å². The summed E-state index contributed by atoms with van der Waals surface area (Å²) < 4.78 is 10.7. The first-order chi connectivity index (χ1) is 9.78. The number of fused-ring (bicyclic) bond motifs is 2. The fraction of sp³-hybridized carbons (Fsp3) is 0.118. The molecule has 0 saturated carbocycles. The van der Waals surface area contributed by atoms with Crippen molar-refractivity contribution in [1.82, 2.24) is 0 Å². The monoisotopic (exact) mass is 266 g/mol. The van der Waals surface area contributed by atoms with Crippen LogP contribution in [0.25, 0.3) is 12.3 Å². The van der Waals surface area contributed by atoms with Gasteiger partial charge in [0, 0.05) is 10.8 Å². The molecule has 0 atom stereocenters. The van der Waals surface area contributed by atoms with E-state index < -0.39 is 0 Å². The van der Waals surface area contributed by atoms with Crippen LogP contribution in [0.15, 0.2) is 42.5 Å². The molecule has 2 aromatic rings. The van der Waals surface area contributed by atoms with Crippen molar-refractivity contribution in [3.05, 3.63) is 64.0 Å². The molecule has 0 saturated heterocycles. The summed E-state index contributed by atoms with van der Waals surface area (Å²) in [6, 6.07) is 13.2. The van der Waals surface area contributed by atoms with Crippen LogP contribution in [-0.2, 0) is 4.74 Å². The molecule has 0 aliphatic carbocycles. The van der Waals surface area contributed by atoms with Gasteiger partial charge in [-0.2, -0.15) is 0 Å². The average molecular weight is 266 g/mol. The lowest BCUT2D eigenvalue weighted by Gasteiger charge is -2.06. The van der Waals surface area contributed by atoms with E-state index in [0.29, 0.717) is 12.2 Å². The van der Waals surface area contributed by atoms with E-state index in [1.165, 1.54) is 0 Å². The number of carbonyl (C=O) groups excluding carboxylic acids is 1. The molecule has 0 bridgehead atoms. The minimum absolute atomic E-state index is 0.315. The summed E-state index contributed by atoms with van der Waals surface area (Å²) in [5.41, 5.74) is 1.40. The predicted octanol–water partition coefficient (Wildman–Crippen LogP) is 1.82. The van der Waals surface area contributed by atoms with Crippen molar-refractivity contribution in [2.24, 2.45) is 0 Å². The summed E-state index contributed by atoms with van der Waals surface area (Å²) in [6.07, 6.45) is 3.73. The van der Waals surface area contributed by atoms with Crippen LogP contribution in [0.1, 0.15) is 22.8 Å². The molecular weight excluding hydrogens is 252 g/mol. The van der Waals surface area contributed by atoms with Crippen LogP contribution in [0.3, 0.4) is 0 Å². The number of hydrogen-bond acceptors (Lipinski definition) is 3. The highest BCUT2D eigenvalue weighted by Crippen LogP contribution is 2.22. The van der Waals surface area contributed by atoms with Crippen LogP contribution in [0.2, 0.25) is 0 Å². The first-order valence-electron chi connectivity index (χ1n) is 6.53. The molecule has 20 heavy (non-hydrogen) atoms. The Morgan fingerprint density at radius 1 is 1.15 bits per heavy atom. The molecule has 1 heterocycles. The van der Waals surface area contributed by atoms with E-state index in [-0.39, 0.29) is 5.97 Å².